The first kappa shape index (κ1) is 16.1. The van der Waals surface area contributed by atoms with Crippen molar-refractivity contribution in [2.24, 2.45) is 0 Å². The van der Waals surface area contributed by atoms with Gasteiger partial charge in [0.25, 0.3) is 0 Å². The molecule has 0 heterocycles. The van der Waals surface area contributed by atoms with Crippen LogP contribution in [0.5, 0.6) is 5.75 Å². The van der Waals surface area contributed by atoms with E-state index < -0.39 is 0 Å². The van der Waals surface area contributed by atoms with Gasteiger partial charge in [0.1, 0.15) is 5.75 Å². The van der Waals surface area contributed by atoms with Crippen LogP contribution in [0, 0.1) is 6.92 Å². The highest BCUT2D eigenvalue weighted by atomic mass is 79.9. The van der Waals surface area contributed by atoms with E-state index in [0.717, 1.165) is 18.6 Å². The number of aryl methyl sites for hydroxylation is 2. The van der Waals surface area contributed by atoms with Crippen molar-refractivity contribution in [2.45, 2.75) is 25.8 Å². The first-order valence-corrected chi connectivity index (χ1v) is 7.99. The molecule has 0 bridgehead atoms. The Kier molecular flexibility index (Phi) is 5.83. The highest BCUT2D eigenvalue weighted by Gasteiger charge is 2.10. The molecule has 0 amide bonds. The number of ether oxygens (including phenoxy) is 1. The van der Waals surface area contributed by atoms with Crippen molar-refractivity contribution in [3.8, 4) is 5.75 Å². The van der Waals surface area contributed by atoms with Crippen molar-refractivity contribution in [2.75, 3.05) is 14.2 Å². The zero-order valence-electron chi connectivity index (χ0n) is 12.8. The fourth-order valence-corrected chi connectivity index (χ4v) is 2.80. The van der Waals surface area contributed by atoms with Gasteiger partial charge < -0.3 is 10.1 Å². The second-order valence-electron chi connectivity index (χ2n) is 5.24. The van der Waals surface area contributed by atoms with E-state index >= 15 is 0 Å². The van der Waals surface area contributed by atoms with Gasteiger partial charge in [0.2, 0.25) is 0 Å². The van der Waals surface area contributed by atoms with Gasteiger partial charge in [-0.15, -0.1) is 0 Å². The Balaban J connectivity index is 2.02. The molecule has 2 rings (SSSR count). The number of hydrogen-bond donors (Lipinski definition) is 1. The minimum atomic E-state index is 0.365. The third-order valence-corrected chi connectivity index (χ3v) is 4.68. The van der Waals surface area contributed by atoms with Crippen molar-refractivity contribution in [1.29, 1.82) is 0 Å². The van der Waals surface area contributed by atoms with Crippen molar-refractivity contribution in [3.63, 3.8) is 0 Å². The maximum absolute atomic E-state index is 5.19. The van der Waals surface area contributed by atoms with Gasteiger partial charge in [0, 0.05) is 10.5 Å². The topological polar surface area (TPSA) is 21.3 Å². The second kappa shape index (κ2) is 7.62. The number of nitrogens with one attached hydrogen (secondary N) is 1. The van der Waals surface area contributed by atoms with Gasteiger partial charge in [-0.25, -0.2) is 0 Å². The summed E-state index contributed by atoms with van der Waals surface area (Å²) in [7, 11) is 3.72. The Labute approximate surface area is 135 Å². The van der Waals surface area contributed by atoms with Crippen LogP contribution in [0.3, 0.4) is 0 Å². The van der Waals surface area contributed by atoms with Crippen LogP contribution in [0.2, 0.25) is 0 Å². The minimum Gasteiger partial charge on any atom is -0.497 e. The third kappa shape index (κ3) is 4.32. The summed E-state index contributed by atoms with van der Waals surface area (Å²) >= 11 is 3.61. The molecule has 0 aliphatic heterocycles. The molecule has 0 spiro atoms. The van der Waals surface area contributed by atoms with Crippen LogP contribution >= 0.6 is 15.9 Å². The zero-order valence-corrected chi connectivity index (χ0v) is 14.4. The van der Waals surface area contributed by atoms with Crippen molar-refractivity contribution < 1.29 is 4.74 Å². The van der Waals surface area contributed by atoms with E-state index in [0.29, 0.717) is 6.04 Å². The summed E-state index contributed by atoms with van der Waals surface area (Å²) in [5, 5.41) is 3.41. The molecule has 0 radical (unpaired) electrons. The number of rotatable bonds is 6. The maximum atomic E-state index is 5.19. The first-order valence-electron chi connectivity index (χ1n) is 7.20. The zero-order chi connectivity index (χ0) is 15.2. The number of halogens is 1. The summed E-state index contributed by atoms with van der Waals surface area (Å²) in [4.78, 5) is 0. The molecular weight excluding hydrogens is 326 g/mol. The Morgan fingerprint density at radius 3 is 2.43 bits per heavy atom. The van der Waals surface area contributed by atoms with E-state index in [9.17, 15) is 0 Å². The molecule has 1 atom stereocenters. The van der Waals surface area contributed by atoms with E-state index in [1.807, 2.05) is 19.2 Å². The van der Waals surface area contributed by atoms with Gasteiger partial charge in [-0.1, -0.05) is 40.2 Å². The molecule has 0 saturated carbocycles. The summed E-state index contributed by atoms with van der Waals surface area (Å²) in [6, 6.07) is 15.3. The molecular formula is C18H22BrNO. The van der Waals surface area contributed by atoms with Crippen LogP contribution in [0.25, 0.3) is 0 Å². The molecule has 0 aliphatic rings. The number of methoxy groups -OCH3 is 1. The summed E-state index contributed by atoms with van der Waals surface area (Å²) in [6.45, 7) is 2.11. The fraction of sp³-hybridized carbons (Fsp3) is 0.333. The molecule has 0 fully saturated rings. The van der Waals surface area contributed by atoms with Crippen LogP contribution < -0.4 is 10.1 Å². The minimum absolute atomic E-state index is 0.365. The van der Waals surface area contributed by atoms with Crippen molar-refractivity contribution in [1.82, 2.24) is 5.32 Å². The highest BCUT2D eigenvalue weighted by molar-refractivity contribution is 9.10. The Morgan fingerprint density at radius 1 is 1.14 bits per heavy atom. The molecule has 0 saturated heterocycles. The molecule has 0 aliphatic carbocycles. The largest absolute Gasteiger partial charge is 0.497 e. The lowest BCUT2D eigenvalue weighted by Gasteiger charge is -2.17. The lowest BCUT2D eigenvalue weighted by molar-refractivity contribution is 0.414. The van der Waals surface area contributed by atoms with Crippen molar-refractivity contribution >= 4 is 15.9 Å². The summed E-state index contributed by atoms with van der Waals surface area (Å²) < 4.78 is 6.36. The van der Waals surface area contributed by atoms with E-state index in [2.05, 4.69) is 58.5 Å². The molecule has 2 nitrogen and oxygen atoms in total. The van der Waals surface area contributed by atoms with Crippen LogP contribution in [0.1, 0.15) is 29.2 Å². The lowest BCUT2D eigenvalue weighted by atomic mass is 9.98. The molecule has 2 aromatic rings. The van der Waals surface area contributed by atoms with Gasteiger partial charge >= 0.3 is 0 Å². The molecule has 112 valence electrons. The lowest BCUT2D eigenvalue weighted by Crippen LogP contribution is -2.17. The molecule has 1 N–H and O–H groups in total. The summed E-state index contributed by atoms with van der Waals surface area (Å²) in [5.74, 6) is 0.909. The quantitative estimate of drug-likeness (QED) is 0.820. The van der Waals surface area contributed by atoms with E-state index in [1.54, 1.807) is 7.11 Å². The first-order chi connectivity index (χ1) is 10.1. The molecule has 2 aromatic carbocycles. The van der Waals surface area contributed by atoms with Gasteiger partial charge in [-0.3, -0.25) is 0 Å². The van der Waals surface area contributed by atoms with Crippen LogP contribution in [-0.4, -0.2) is 14.2 Å². The fourth-order valence-electron chi connectivity index (χ4n) is 2.41. The predicted molar refractivity (Wildman–Crippen MR) is 92.0 cm³/mol. The van der Waals surface area contributed by atoms with Crippen molar-refractivity contribution in [3.05, 3.63) is 63.6 Å². The summed E-state index contributed by atoms with van der Waals surface area (Å²) in [5.41, 5.74) is 3.93. The SMILES string of the molecule is CNC(CCc1ccc(OC)cc1)c1ccc(C)c(Br)c1. The van der Waals surface area contributed by atoms with Gasteiger partial charge in [0.05, 0.1) is 7.11 Å². The van der Waals surface area contributed by atoms with E-state index in [-0.39, 0.29) is 0 Å². The Hall–Kier alpha value is -1.32. The van der Waals surface area contributed by atoms with Gasteiger partial charge in [0.15, 0.2) is 0 Å². The van der Waals surface area contributed by atoms with E-state index in [4.69, 9.17) is 4.74 Å². The normalized spacial score (nSPS) is 12.2. The smallest absolute Gasteiger partial charge is 0.118 e. The molecule has 3 heteroatoms. The molecule has 0 aromatic heterocycles. The van der Waals surface area contributed by atoms with Crippen LogP contribution in [0.15, 0.2) is 46.9 Å². The van der Waals surface area contributed by atoms with Crippen LogP contribution in [0.4, 0.5) is 0 Å². The second-order valence-corrected chi connectivity index (χ2v) is 6.09. The van der Waals surface area contributed by atoms with Gasteiger partial charge in [-0.05, 0) is 61.7 Å². The monoisotopic (exact) mass is 347 g/mol. The molecule has 1 unspecified atom stereocenters. The van der Waals surface area contributed by atoms with Crippen LogP contribution in [-0.2, 0) is 6.42 Å². The average Bonchev–Trinajstić information content (AvgIpc) is 2.52. The predicted octanol–water partition coefficient (Wildman–Crippen LogP) is 4.66. The Morgan fingerprint density at radius 2 is 1.86 bits per heavy atom. The Bertz CT molecular complexity index is 580. The highest BCUT2D eigenvalue weighted by Crippen LogP contribution is 2.25. The van der Waals surface area contributed by atoms with Gasteiger partial charge in [-0.2, -0.15) is 0 Å². The summed E-state index contributed by atoms with van der Waals surface area (Å²) in [6.07, 6.45) is 2.11. The number of hydrogen-bond acceptors (Lipinski definition) is 2. The standard InChI is InChI=1S/C18H22BrNO/c1-13-4-8-15(12-17(13)19)18(20-2)11-7-14-5-9-16(21-3)10-6-14/h4-6,8-10,12,18,20H,7,11H2,1-3H3. The third-order valence-electron chi connectivity index (χ3n) is 3.83. The van der Waals surface area contributed by atoms with E-state index in [1.165, 1.54) is 21.2 Å². The maximum Gasteiger partial charge on any atom is 0.118 e. The average molecular weight is 348 g/mol. The number of benzene rings is 2. The molecule has 21 heavy (non-hydrogen) atoms.